The molecule has 2 N–H and O–H groups in total. The zero-order valence-electron chi connectivity index (χ0n) is 21.5. The molecule has 5 aromatic heterocycles. The summed E-state index contributed by atoms with van der Waals surface area (Å²) in [5.74, 6) is -2.04. The number of likely N-dealkylation sites (tertiary alicyclic amines) is 1. The van der Waals surface area contributed by atoms with Gasteiger partial charge in [0.05, 0.1) is 53.2 Å². The molecule has 39 heavy (non-hydrogen) atoms. The molecule has 198 valence electrons. The van der Waals surface area contributed by atoms with Gasteiger partial charge >= 0.3 is 0 Å². The van der Waals surface area contributed by atoms with Crippen LogP contribution >= 0.6 is 0 Å². The van der Waals surface area contributed by atoms with E-state index in [1.54, 1.807) is 35.9 Å². The molecule has 6 heterocycles. The molecule has 0 radical (unpaired) electrons. The van der Waals surface area contributed by atoms with E-state index in [0.717, 1.165) is 44.4 Å². The lowest BCUT2D eigenvalue weighted by Crippen LogP contribution is -2.24. The first kappa shape index (κ1) is 24.7. The summed E-state index contributed by atoms with van der Waals surface area (Å²) in [5, 5.41) is 8.37. The Morgan fingerprint density at radius 3 is 2.82 bits per heavy atom. The van der Waals surface area contributed by atoms with Crippen LogP contribution in [0.5, 0.6) is 0 Å². The molecule has 0 spiro atoms. The first-order chi connectivity index (χ1) is 18.8. The van der Waals surface area contributed by atoms with Gasteiger partial charge in [0, 0.05) is 56.1 Å². The van der Waals surface area contributed by atoms with Gasteiger partial charge in [0.2, 0.25) is 0 Å². The Morgan fingerprint density at radius 2 is 2.03 bits per heavy atom. The summed E-state index contributed by atoms with van der Waals surface area (Å²) in [7, 11) is 1.90. The minimum absolute atomic E-state index is 0.111. The van der Waals surface area contributed by atoms with Crippen molar-refractivity contribution in [1.82, 2.24) is 40.0 Å². The number of nitrogens with one attached hydrogen (secondary N) is 2. The minimum Gasteiger partial charge on any atom is -0.346 e. The second-order valence-corrected chi connectivity index (χ2v) is 9.77. The van der Waals surface area contributed by atoms with Crippen molar-refractivity contribution >= 4 is 34.3 Å². The third kappa shape index (κ3) is 4.86. The number of imidazole rings is 1. The lowest BCUT2D eigenvalue weighted by molar-refractivity contribution is 0.0115. The number of allylic oxidation sites excluding steroid dienone is 1. The zero-order valence-corrected chi connectivity index (χ0v) is 21.5. The molecule has 12 heteroatoms. The first-order valence-corrected chi connectivity index (χ1v) is 12.4. The first-order valence-electron chi connectivity index (χ1n) is 12.4. The number of rotatable bonds is 7. The quantitative estimate of drug-likeness (QED) is 0.292. The van der Waals surface area contributed by atoms with Crippen LogP contribution in [0.2, 0.25) is 0 Å². The van der Waals surface area contributed by atoms with Crippen molar-refractivity contribution in [2.45, 2.75) is 25.8 Å². The van der Waals surface area contributed by atoms with E-state index >= 15 is 0 Å². The fourth-order valence-electron chi connectivity index (χ4n) is 4.85. The molecule has 1 fully saturated rings. The van der Waals surface area contributed by atoms with E-state index in [2.05, 4.69) is 41.8 Å². The second-order valence-electron chi connectivity index (χ2n) is 9.77. The number of aromatic amines is 2. The van der Waals surface area contributed by atoms with E-state index < -0.39 is 5.92 Å². The van der Waals surface area contributed by atoms with E-state index in [0.29, 0.717) is 30.3 Å². The van der Waals surface area contributed by atoms with Gasteiger partial charge in [-0.2, -0.15) is 5.10 Å². The molecule has 10 nitrogen and oxygen atoms in total. The fourth-order valence-corrected chi connectivity index (χ4v) is 4.85. The lowest BCUT2D eigenvalue weighted by Gasteiger charge is -2.15. The number of nitrogens with zero attached hydrogens (tertiary/aromatic N) is 8. The summed E-state index contributed by atoms with van der Waals surface area (Å²) in [6.45, 7) is 5.98. The summed E-state index contributed by atoms with van der Waals surface area (Å²) in [5.41, 5.74) is 6.82. The number of aliphatic imine (C=N–C) groups is 1. The van der Waals surface area contributed by atoms with Gasteiger partial charge in [-0.15, -0.1) is 0 Å². The summed E-state index contributed by atoms with van der Waals surface area (Å²) < 4.78 is 27.3. The molecule has 1 aliphatic rings. The van der Waals surface area contributed by atoms with Crippen LogP contribution < -0.4 is 4.90 Å². The Bertz CT molecular complexity index is 1720. The highest BCUT2D eigenvalue weighted by molar-refractivity contribution is 5.96. The van der Waals surface area contributed by atoms with Crippen LogP contribution in [0.1, 0.15) is 18.9 Å². The normalized spacial score (nSPS) is 15.8. The van der Waals surface area contributed by atoms with E-state index in [-0.39, 0.29) is 13.0 Å². The van der Waals surface area contributed by atoms with Crippen molar-refractivity contribution in [2.75, 3.05) is 25.0 Å². The average molecular weight is 529 g/mol. The number of H-pyrrole nitrogens is 2. The van der Waals surface area contributed by atoms with Crippen molar-refractivity contribution in [2.24, 2.45) is 4.99 Å². The number of aromatic nitrogens is 7. The molecule has 6 rings (SSSR count). The fraction of sp³-hybridized carbons (Fsp3) is 0.259. The Morgan fingerprint density at radius 1 is 1.18 bits per heavy atom. The van der Waals surface area contributed by atoms with Crippen LogP contribution in [0.4, 0.5) is 14.5 Å². The third-order valence-electron chi connectivity index (χ3n) is 6.80. The smallest absolute Gasteiger partial charge is 0.261 e. The number of hydrogen-bond acceptors (Lipinski definition) is 8. The van der Waals surface area contributed by atoms with Gasteiger partial charge in [0.25, 0.3) is 5.92 Å². The lowest BCUT2D eigenvalue weighted by atomic mass is 10.1. The van der Waals surface area contributed by atoms with Gasteiger partial charge in [0.1, 0.15) is 11.2 Å². The Labute approximate surface area is 222 Å². The molecule has 1 saturated heterocycles. The zero-order chi connectivity index (χ0) is 27.1. The third-order valence-corrected chi connectivity index (χ3v) is 6.80. The molecule has 0 bridgehead atoms. The van der Waals surface area contributed by atoms with Crippen molar-refractivity contribution in [3.8, 4) is 22.8 Å². The van der Waals surface area contributed by atoms with Gasteiger partial charge in [0.15, 0.2) is 5.82 Å². The highest BCUT2D eigenvalue weighted by atomic mass is 19.3. The summed E-state index contributed by atoms with van der Waals surface area (Å²) in [4.78, 5) is 29.1. The van der Waals surface area contributed by atoms with Gasteiger partial charge in [-0.1, -0.05) is 0 Å². The molecule has 0 aliphatic carbocycles. The van der Waals surface area contributed by atoms with Gasteiger partial charge in [-0.05, 0) is 31.3 Å². The number of alkyl halides is 2. The van der Waals surface area contributed by atoms with Gasteiger partial charge in [-0.25, -0.2) is 13.8 Å². The molecule has 0 amide bonds. The van der Waals surface area contributed by atoms with Gasteiger partial charge < -0.3 is 9.88 Å². The molecule has 5 aromatic rings. The molecule has 0 saturated carbocycles. The van der Waals surface area contributed by atoms with Crippen molar-refractivity contribution < 1.29 is 8.78 Å². The van der Waals surface area contributed by atoms with E-state index in [9.17, 15) is 8.78 Å². The van der Waals surface area contributed by atoms with Crippen LogP contribution in [-0.2, 0) is 6.54 Å². The van der Waals surface area contributed by atoms with E-state index in [1.807, 2.05) is 37.2 Å². The maximum atomic E-state index is 13.6. The minimum atomic E-state index is -2.63. The Kier molecular flexibility index (Phi) is 6.10. The summed E-state index contributed by atoms with van der Waals surface area (Å²) >= 11 is 0. The van der Waals surface area contributed by atoms with Crippen LogP contribution in [0.3, 0.4) is 0 Å². The van der Waals surface area contributed by atoms with Crippen molar-refractivity contribution in [3.63, 3.8) is 0 Å². The Hall–Kier alpha value is -4.58. The van der Waals surface area contributed by atoms with Crippen LogP contribution in [0, 0.1) is 0 Å². The largest absolute Gasteiger partial charge is 0.346 e. The monoisotopic (exact) mass is 528 g/mol. The SMILES string of the molecule is C=N/C(C)=C\N(C)c1cncc2[nH]c(-c3n[nH]c4cnc(-c5cncc(CN6CCC(F)(F)C6)c5)cc34)nc12. The topological polar surface area (TPSA) is 115 Å². The second kappa shape index (κ2) is 9.62. The molecule has 0 aromatic carbocycles. The van der Waals surface area contributed by atoms with Crippen molar-refractivity contribution in [1.29, 1.82) is 0 Å². The standard InChI is InChI=1S/C27H26F2N10/c1-16(30-2)13-38(3)23-12-32-10-22-25(23)35-26(34-22)24-19-7-20(33-11-21(19)36-37-24)18-6-17(8-31-9-18)14-39-5-4-27(28,29)15-39/h6-13H,2,4-5,14-15H2,1,3H3,(H,34,35)(H,36,37)/b16-13-. The number of fused-ring (bicyclic) bond motifs is 2. The van der Waals surface area contributed by atoms with E-state index in [1.165, 1.54) is 0 Å². The maximum absolute atomic E-state index is 13.6. The average Bonchev–Trinajstić information content (AvgIpc) is 3.63. The Balaban J connectivity index is 1.34. The number of anilines is 1. The summed E-state index contributed by atoms with van der Waals surface area (Å²) in [6.07, 6.45) is 10.4. The number of pyridine rings is 3. The number of halogens is 2. The summed E-state index contributed by atoms with van der Waals surface area (Å²) in [6, 6.07) is 3.87. The van der Waals surface area contributed by atoms with Gasteiger partial charge in [-0.3, -0.25) is 29.9 Å². The van der Waals surface area contributed by atoms with Crippen LogP contribution in [0.25, 0.3) is 44.7 Å². The molecule has 0 atom stereocenters. The van der Waals surface area contributed by atoms with Crippen LogP contribution in [-0.4, -0.2) is 72.8 Å². The molecular formula is C27H26F2N10. The highest BCUT2D eigenvalue weighted by Gasteiger charge is 2.37. The molecule has 1 aliphatic heterocycles. The predicted molar refractivity (Wildman–Crippen MR) is 147 cm³/mol. The van der Waals surface area contributed by atoms with E-state index in [4.69, 9.17) is 4.98 Å². The number of hydrogen-bond donors (Lipinski definition) is 2. The molecule has 0 unspecified atom stereocenters. The van der Waals surface area contributed by atoms with Crippen LogP contribution in [0.15, 0.2) is 60.0 Å². The molecular weight excluding hydrogens is 502 g/mol. The van der Waals surface area contributed by atoms with Crippen molar-refractivity contribution in [3.05, 3.63) is 60.6 Å². The highest BCUT2D eigenvalue weighted by Crippen LogP contribution is 2.32. The predicted octanol–water partition coefficient (Wildman–Crippen LogP) is 4.80. The maximum Gasteiger partial charge on any atom is 0.261 e.